The highest BCUT2D eigenvalue weighted by Crippen LogP contribution is 2.48. The number of alkyl halides is 3. The third-order valence-electron chi connectivity index (χ3n) is 6.76. The molecule has 1 amide bonds. The third kappa shape index (κ3) is 4.30. The second-order valence-corrected chi connectivity index (χ2v) is 8.81. The Balaban J connectivity index is 1.73. The number of halogens is 3. The van der Waals surface area contributed by atoms with E-state index in [0.29, 0.717) is 23.7 Å². The predicted molar refractivity (Wildman–Crippen MR) is 109 cm³/mol. The normalized spacial score (nSPS) is 28.2. The predicted octanol–water partition coefficient (Wildman–Crippen LogP) is 2.32. The molecule has 2 N–H and O–H groups in total. The summed E-state index contributed by atoms with van der Waals surface area (Å²) < 4.78 is 40.6. The van der Waals surface area contributed by atoms with Crippen LogP contribution in [0.5, 0.6) is 0 Å². The average Bonchev–Trinajstić information content (AvgIpc) is 3.51. The van der Waals surface area contributed by atoms with Crippen molar-refractivity contribution < 1.29 is 23.1 Å². The van der Waals surface area contributed by atoms with Gasteiger partial charge in [0.2, 0.25) is 5.91 Å². The van der Waals surface area contributed by atoms with Crippen molar-refractivity contribution in [3.8, 4) is 0 Å². The highest BCUT2D eigenvalue weighted by molar-refractivity contribution is 5.80. The maximum atomic E-state index is 13.1. The summed E-state index contributed by atoms with van der Waals surface area (Å²) in [6, 6.07) is 2.20. The molecule has 0 unspecified atom stereocenters. The molecule has 2 fully saturated rings. The summed E-state index contributed by atoms with van der Waals surface area (Å²) >= 11 is 0. The molecule has 31 heavy (non-hydrogen) atoms. The lowest BCUT2D eigenvalue weighted by Crippen LogP contribution is -2.47. The molecular weight excluding hydrogens is 411 g/mol. The van der Waals surface area contributed by atoms with E-state index in [1.807, 2.05) is 0 Å². The average molecular weight is 439 g/mol. The number of hydrogen-bond acceptors (Lipinski definition) is 4. The van der Waals surface area contributed by atoms with Crippen LogP contribution in [-0.2, 0) is 11.3 Å². The van der Waals surface area contributed by atoms with E-state index in [2.05, 4.69) is 5.32 Å². The zero-order chi connectivity index (χ0) is 22.3. The van der Waals surface area contributed by atoms with Gasteiger partial charge in [-0.1, -0.05) is 12.2 Å². The van der Waals surface area contributed by atoms with Gasteiger partial charge in [-0.25, -0.2) is 0 Å². The number of hydrogen-bond donors (Lipinski definition) is 2. The van der Waals surface area contributed by atoms with Crippen LogP contribution in [0.3, 0.4) is 0 Å². The van der Waals surface area contributed by atoms with E-state index < -0.39 is 36.5 Å². The zero-order valence-corrected chi connectivity index (χ0v) is 17.4. The summed E-state index contributed by atoms with van der Waals surface area (Å²) in [5.74, 6) is -1.05. The number of nitrogens with one attached hydrogen (secondary N) is 1. The number of carbonyl (C=O) groups is 1. The topological polar surface area (TPSA) is 74.6 Å². The molecule has 0 spiro atoms. The first-order valence-corrected chi connectivity index (χ1v) is 10.8. The first-order chi connectivity index (χ1) is 14.7. The van der Waals surface area contributed by atoms with Gasteiger partial charge in [0, 0.05) is 49.5 Å². The van der Waals surface area contributed by atoms with Crippen LogP contribution < -0.4 is 10.9 Å². The van der Waals surface area contributed by atoms with E-state index in [4.69, 9.17) is 0 Å². The van der Waals surface area contributed by atoms with E-state index in [9.17, 15) is 27.9 Å². The van der Waals surface area contributed by atoms with Crippen LogP contribution in [0, 0.1) is 17.8 Å². The molecule has 0 radical (unpaired) electrons. The van der Waals surface area contributed by atoms with Crippen molar-refractivity contribution in [2.45, 2.75) is 51.0 Å². The van der Waals surface area contributed by atoms with Crippen molar-refractivity contribution in [2.24, 2.45) is 17.8 Å². The van der Waals surface area contributed by atoms with Crippen LogP contribution >= 0.6 is 0 Å². The monoisotopic (exact) mass is 439 g/mol. The maximum Gasteiger partial charge on any atom is 0.390 e. The Morgan fingerprint density at radius 1 is 1.32 bits per heavy atom. The lowest BCUT2D eigenvalue weighted by atomic mass is 9.86. The summed E-state index contributed by atoms with van der Waals surface area (Å²) in [7, 11) is 0. The fraction of sp³-hybridized carbons (Fsp3) is 0.636. The van der Waals surface area contributed by atoms with Crippen molar-refractivity contribution in [1.82, 2.24) is 14.8 Å². The van der Waals surface area contributed by atoms with Crippen LogP contribution in [0.4, 0.5) is 13.2 Å². The second kappa shape index (κ2) is 8.43. The van der Waals surface area contributed by atoms with Crippen LogP contribution in [0.2, 0.25) is 0 Å². The Bertz CT molecular complexity index is 923. The fourth-order valence-electron chi connectivity index (χ4n) is 5.09. The molecule has 170 valence electrons. The van der Waals surface area contributed by atoms with E-state index in [1.165, 1.54) is 0 Å². The first-order valence-electron chi connectivity index (χ1n) is 10.8. The molecule has 3 aliphatic rings. The molecule has 1 saturated heterocycles. The van der Waals surface area contributed by atoms with Crippen molar-refractivity contribution >= 4 is 12.0 Å². The molecule has 1 aromatic rings. The van der Waals surface area contributed by atoms with Gasteiger partial charge >= 0.3 is 6.18 Å². The molecule has 6 nitrogen and oxygen atoms in total. The van der Waals surface area contributed by atoms with E-state index in [1.54, 1.807) is 40.7 Å². The molecule has 4 atom stereocenters. The van der Waals surface area contributed by atoms with Gasteiger partial charge in [0.1, 0.15) is 0 Å². The van der Waals surface area contributed by atoms with Gasteiger partial charge in [0.25, 0.3) is 5.56 Å². The highest BCUT2D eigenvalue weighted by atomic mass is 19.4. The molecule has 1 saturated carbocycles. The number of nitrogens with zero attached hydrogens (tertiary/aromatic N) is 2. The zero-order valence-electron chi connectivity index (χ0n) is 17.4. The van der Waals surface area contributed by atoms with Crippen LogP contribution in [-0.4, -0.2) is 52.4 Å². The largest absolute Gasteiger partial charge is 0.396 e. The smallest absolute Gasteiger partial charge is 0.390 e. The minimum atomic E-state index is -4.33. The number of amides is 1. The maximum absolute atomic E-state index is 13.1. The lowest BCUT2D eigenvalue weighted by molar-refractivity contribution is -0.140. The quantitative estimate of drug-likeness (QED) is 0.684. The summed E-state index contributed by atoms with van der Waals surface area (Å²) in [6.07, 6.45) is 0.229. The molecule has 3 heterocycles. The number of rotatable bonds is 7. The summed E-state index contributed by atoms with van der Waals surface area (Å²) in [6.45, 7) is 1.91. The van der Waals surface area contributed by atoms with Gasteiger partial charge in [-0.05, 0) is 37.8 Å². The van der Waals surface area contributed by atoms with Gasteiger partial charge in [-0.2, -0.15) is 13.2 Å². The Morgan fingerprint density at radius 2 is 2.06 bits per heavy atom. The molecular formula is C22H28F3N3O3. The summed E-state index contributed by atoms with van der Waals surface area (Å²) in [5, 5.41) is 13.1. The second-order valence-electron chi connectivity index (χ2n) is 8.81. The minimum Gasteiger partial charge on any atom is -0.396 e. The Hall–Kier alpha value is -2.13. The molecule has 9 heteroatoms. The first kappa shape index (κ1) is 22.1. The van der Waals surface area contributed by atoms with Crippen molar-refractivity contribution in [2.75, 3.05) is 19.7 Å². The molecule has 1 aliphatic carbocycles. The highest BCUT2D eigenvalue weighted by Gasteiger charge is 2.56. The van der Waals surface area contributed by atoms with Gasteiger partial charge < -0.3 is 15.0 Å². The van der Waals surface area contributed by atoms with Gasteiger partial charge in [0.05, 0.1) is 18.4 Å². The van der Waals surface area contributed by atoms with Crippen molar-refractivity contribution in [1.29, 1.82) is 0 Å². The number of fused-ring (bicyclic) bond motifs is 4. The molecule has 4 rings (SSSR count). The number of pyridine rings is 1. The van der Waals surface area contributed by atoms with E-state index >= 15 is 0 Å². The SMILES string of the molecule is C/C=C/c1ccc2n(c1=O)C[C@@H]1[C@@H](CO)[C@H](C(=O)NCC3CC3)[C@H]2N1CCC(F)(F)F. The number of carbonyl (C=O) groups excluding carboxylic acids is 1. The van der Waals surface area contributed by atoms with Gasteiger partial charge in [-0.3, -0.25) is 14.5 Å². The van der Waals surface area contributed by atoms with Crippen LogP contribution in [0.15, 0.2) is 23.0 Å². The molecule has 1 aromatic heterocycles. The lowest BCUT2D eigenvalue weighted by Gasteiger charge is -2.38. The Morgan fingerprint density at radius 3 is 2.68 bits per heavy atom. The Labute approximate surface area is 178 Å². The van der Waals surface area contributed by atoms with Crippen molar-refractivity contribution in [3.63, 3.8) is 0 Å². The standard InChI is InChI=1S/C22H28F3N3O3/c1-2-3-14-6-7-16-19-18(20(30)26-10-13-4-5-13)15(12-29)17(11-28(16)21(14)31)27(19)9-8-22(23,24)25/h2-3,6-7,13,15,17-19,29H,4-5,8-12H2,1H3,(H,26,30)/b3-2+/t15-,17-,18+,19+/m1/s1. The molecule has 0 aromatic carbocycles. The fourth-order valence-corrected chi connectivity index (χ4v) is 5.09. The van der Waals surface area contributed by atoms with Crippen LogP contribution in [0.25, 0.3) is 6.08 Å². The Kier molecular flexibility index (Phi) is 6.00. The van der Waals surface area contributed by atoms with Crippen LogP contribution in [0.1, 0.15) is 43.5 Å². The summed E-state index contributed by atoms with van der Waals surface area (Å²) in [5.41, 5.74) is 0.806. The van der Waals surface area contributed by atoms with Crippen molar-refractivity contribution in [3.05, 3.63) is 39.8 Å². The number of aliphatic hydroxyl groups is 1. The van der Waals surface area contributed by atoms with E-state index in [-0.39, 0.29) is 31.2 Å². The third-order valence-corrected chi connectivity index (χ3v) is 6.76. The van der Waals surface area contributed by atoms with Gasteiger partial charge in [-0.15, -0.1) is 0 Å². The van der Waals surface area contributed by atoms with Gasteiger partial charge in [0.15, 0.2) is 0 Å². The number of aliphatic hydroxyl groups excluding tert-OH is 1. The molecule has 2 bridgehead atoms. The van der Waals surface area contributed by atoms with E-state index in [0.717, 1.165) is 12.8 Å². The number of allylic oxidation sites excluding steroid dienone is 1. The summed E-state index contributed by atoms with van der Waals surface area (Å²) in [4.78, 5) is 27.8. The minimum absolute atomic E-state index is 0.158. The number of aromatic nitrogens is 1. The molecule has 2 aliphatic heterocycles.